The van der Waals surface area contributed by atoms with Crippen LogP contribution in [0.4, 0.5) is 11.5 Å². The average molecular weight is 241 g/mol. The van der Waals surface area contributed by atoms with E-state index in [1.165, 1.54) is 6.20 Å². The molecule has 16 heavy (non-hydrogen) atoms. The van der Waals surface area contributed by atoms with E-state index in [1.807, 2.05) is 13.8 Å². The maximum atomic E-state index is 11.8. The Hall–Kier alpha value is -1.36. The third-order valence-electron chi connectivity index (χ3n) is 2.80. The zero-order chi connectivity index (χ0) is 11.7. The molecule has 1 aromatic rings. The fourth-order valence-corrected chi connectivity index (χ4v) is 1.75. The summed E-state index contributed by atoms with van der Waals surface area (Å²) in [6, 6.07) is -0.261. The third-order valence-corrected chi connectivity index (χ3v) is 2.99. The lowest BCUT2D eigenvalue weighted by Gasteiger charge is -2.29. The number of anilines is 2. The summed E-state index contributed by atoms with van der Waals surface area (Å²) in [6.45, 7) is 4.06. The Balaban J connectivity index is 2.29. The minimum Gasteiger partial charge on any atom is -0.356 e. The molecule has 0 bridgehead atoms. The highest BCUT2D eigenvalue weighted by molar-refractivity contribution is 6.28. The van der Waals surface area contributed by atoms with Crippen LogP contribution in [-0.4, -0.2) is 21.9 Å². The highest BCUT2D eigenvalue weighted by Gasteiger charge is 2.30. The van der Waals surface area contributed by atoms with Gasteiger partial charge in [0.05, 0.1) is 6.20 Å². The molecule has 5 nitrogen and oxygen atoms in total. The number of fused-ring (bicyclic) bond motifs is 1. The molecule has 0 saturated carbocycles. The number of amides is 1. The number of halogens is 1. The lowest BCUT2D eigenvalue weighted by atomic mass is 9.97. The molecule has 2 N–H and O–H groups in total. The monoisotopic (exact) mass is 240 g/mol. The van der Waals surface area contributed by atoms with Crippen molar-refractivity contribution in [3.05, 3.63) is 11.5 Å². The Morgan fingerprint density at radius 3 is 3.06 bits per heavy atom. The average Bonchev–Trinajstić information content (AvgIpc) is 2.28. The van der Waals surface area contributed by atoms with Crippen molar-refractivity contribution in [2.45, 2.75) is 26.3 Å². The first kappa shape index (κ1) is 11.1. The second kappa shape index (κ2) is 4.25. The Labute approximate surface area is 98.6 Å². The van der Waals surface area contributed by atoms with Crippen LogP contribution in [0.2, 0.25) is 5.28 Å². The van der Waals surface area contributed by atoms with Gasteiger partial charge in [0.15, 0.2) is 5.82 Å². The predicted molar refractivity (Wildman–Crippen MR) is 62.5 cm³/mol. The second-order valence-electron chi connectivity index (χ2n) is 3.90. The predicted octanol–water partition coefficient (Wildman–Crippen LogP) is 1.91. The Morgan fingerprint density at radius 1 is 1.62 bits per heavy atom. The van der Waals surface area contributed by atoms with E-state index in [4.69, 9.17) is 11.6 Å². The molecule has 1 aliphatic heterocycles. The maximum absolute atomic E-state index is 11.8. The molecule has 2 atom stereocenters. The number of nitrogens with one attached hydrogen (secondary N) is 2. The first-order valence-electron chi connectivity index (χ1n) is 5.21. The van der Waals surface area contributed by atoms with Gasteiger partial charge in [-0.05, 0) is 17.5 Å². The van der Waals surface area contributed by atoms with E-state index in [2.05, 4.69) is 20.6 Å². The Morgan fingerprint density at radius 2 is 2.38 bits per heavy atom. The van der Waals surface area contributed by atoms with Gasteiger partial charge in [0, 0.05) is 0 Å². The molecule has 0 fully saturated rings. The Kier molecular flexibility index (Phi) is 2.96. The first-order chi connectivity index (χ1) is 7.61. The van der Waals surface area contributed by atoms with Crippen LogP contribution >= 0.6 is 11.6 Å². The van der Waals surface area contributed by atoms with Crippen LogP contribution in [0.3, 0.4) is 0 Å². The minimum atomic E-state index is -0.261. The Bertz CT molecular complexity index is 423. The smallest absolute Gasteiger partial charge is 0.247 e. The summed E-state index contributed by atoms with van der Waals surface area (Å²) >= 11 is 5.70. The van der Waals surface area contributed by atoms with Gasteiger partial charge in [0.1, 0.15) is 11.7 Å². The van der Waals surface area contributed by atoms with Gasteiger partial charge in [0.25, 0.3) is 0 Å². The van der Waals surface area contributed by atoms with Gasteiger partial charge >= 0.3 is 0 Å². The van der Waals surface area contributed by atoms with E-state index in [0.29, 0.717) is 11.5 Å². The van der Waals surface area contributed by atoms with Gasteiger partial charge < -0.3 is 10.6 Å². The molecular weight excluding hydrogens is 228 g/mol. The molecular formula is C10H13ClN4O. The molecule has 1 amide bonds. The van der Waals surface area contributed by atoms with Gasteiger partial charge in [-0.1, -0.05) is 20.3 Å². The van der Waals surface area contributed by atoms with Crippen molar-refractivity contribution in [3.8, 4) is 0 Å². The van der Waals surface area contributed by atoms with Crippen LogP contribution < -0.4 is 10.6 Å². The van der Waals surface area contributed by atoms with Crippen LogP contribution in [0.25, 0.3) is 0 Å². The van der Waals surface area contributed by atoms with E-state index in [-0.39, 0.29) is 23.2 Å². The minimum absolute atomic E-state index is 0.0484. The summed E-state index contributed by atoms with van der Waals surface area (Å²) in [4.78, 5) is 19.6. The fourth-order valence-electron chi connectivity index (χ4n) is 1.62. The van der Waals surface area contributed by atoms with Crippen LogP contribution in [0.1, 0.15) is 20.3 Å². The molecule has 2 rings (SSSR count). The van der Waals surface area contributed by atoms with Crippen molar-refractivity contribution < 1.29 is 4.79 Å². The number of nitrogens with zero attached hydrogens (tertiary/aromatic N) is 2. The highest BCUT2D eigenvalue weighted by atomic mass is 35.5. The van der Waals surface area contributed by atoms with Crippen molar-refractivity contribution >= 4 is 29.0 Å². The van der Waals surface area contributed by atoms with Crippen molar-refractivity contribution in [2.75, 3.05) is 10.6 Å². The standard InChI is InChI=1S/C10H13ClN4O/c1-3-5(2)7-9(16)13-6-4-12-10(11)15-8(6)14-7/h4-5,7H,3H2,1-2H3,(H,13,16)(H,12,14,15). The normalized spacial score (nSPS) is 20.7. The summed E-state index contributed by atoms with van der Waals surface area (Å²) in [5.74, 6) is 0.777. The lowest BCUT2D eigenvalue weighted by Crippen LogP contribution is -2.43. The van der Waals surface area contributed by atoms with E-state index in [9.17, 15) is 4.79 Å². The third kappa shape index (κ3) is 1.95. The van der Waals surface area contributed by atoms with Gasteiger partial charge in [-0.25, -0.2) is 4.98 Å². The molecule has 0 radical (unpaired) electrons. The molecule has 1 aliphatic rings. The lowest BCUT2D eigenvalue weighted by molar-refractivity contribution is -0.118. The molecule has 0 aromatic carbocycles. The molecule has 86 valence electrons. The zero-order valence-electron chi connectivity index (χ0n) is 9.12. The summed E-state index contributed by atoms with van der Waals surface area (Å²) in [6.07, 6.45) is 2.42. The molecule has 2 unspecified atom stereocenters. The van der Waals surface area contributed by atoms with Crippen LogP contribution in [-0.2, 0) is 4.79 Å². The van der Waals surface area contributed by atoms with Crippen LogP contribution in [0.15, 0.2) is 6.20 Å². The maximum Gasteiger partial charge on any atom is 0.247 e. The molecule has 0 saturated heterocycles. The summed E-state index contributed by atoms with van der Waals surface area (Å²) in [5, 5.41) is 6.03. The quantitative estimate of drug-likeness (QED) is 0.775. The number of carbonyl (C=O) groups is 1. The zero-order valence-corrected chi connectivity index (χ0v) is 9.88. The summed E-state index contributed by atoms with van der Waals surface area (Å²) < 4.78 is 0. The number of hydrogen-bond acceptors (Lipinski definition) is 4. The van der Waals surface area contributed by atoms with Gasteiger partial charge in [-0.2, -0.15) is 4.98 Å². The molecule has 2 heterocycles. The van der Waals surface area contributed by atoms with E-state index >= 15 is 0 Å². The highest BCUT2D eigenvalue weighted by Crippen LogP contribution is 2.27. The first-order valence-corrected chi connectivity index (χ1v) is 5.59. The van der Waals surface area contributed by atoms with Gasteiger partial charge in [-0.15, -0.1) is 0 Å². The summed E-state index contributed by atoms with van der Waals surface area (Å²) in [7, 11) is 0. The molecule has 0 spiro atoms. The molecule has 1 aromatic heterocycles. The topological polar surface area (TPSA) is 66.9 Å². The number of carbonyl (C=O) groups excluding carboxylic acids is 1. The van der Waals surface area contributed by atoms with Crippen LogP contribution in [0, 0.1) is 5.92 Å². The summed E-state index contributed by atoms with van der Waals surface area (Å²) in [5.41, 5.74) is 0.578. The number of hydrogen-bond donors (Lipinski definition) is 2. The van der Waals surface area contributed by atoms with E-state index in [0.717, 1.165) is 6.42 Å². The fraction of sp³-hybridized carbons (Fsp3) is 0.500. The van der Waals surface area contributed by atoms with E-state index < -0.39 is 0 Å². The number of aromatic nitrogens is 2. The largest absolute Gasteiger partial charge is 0.356 e. The van der Waals surface area contributed by atoms with E-state index in [1.54, 1.807) is 0 Å². The molecule has 0 aliphatic carbocycles. The SMILES string of the molecule is CCC(C)C1Nc2nc(Cl)ncc2NC1=O. The molecule has 6 heteroatoms. The van der Waals surface area contributed by atoms with Crippen molar-refractivity contribution in [1.29, 1.82) is 0 Å². The van der Waals surface area contributed by atoms with Crippen molar-refractivity contribution in [3.63, 3.8) is 0 Å². The van der Waals surface area contributed by atoms with Gasteiger partial charge in [-0.3, -0.25) is 4.79 Å². The van der Waals surface area contributed by atoms with Crippen LogP contribution in [0.5, 0.6) is 0 Å². The van der Waals surface area contributed by atoms with Crippen molar-refractivity contribution in [1.82, 2.24) is 9.97 Å². The van der Waals surface area contributed by atoms with Crippen molar-refractivity contribution in [2.24, 2.45) is 5.92 Å². The number of rotatable bonds is 2. The van der Waals surface area contributed by atoms with Gasteiger partial charge in [0.2, 0.25) is 11.2 Å². The second-order valence-corrected chi connectivity index (χ2v) is 4.24.